The van der Waals surface area contributed by atoms with Gasteiger partial charge in [-0.1, -0.05) is 13.8 Å². The number of likely N-dealkylation sites (tertiary alicyclic amines) is 1. The van der Waals surface area contributed by atoms with E-state index in [1.165, 1.54) is 4.90 Å². The van der Waals surface area contributed by atoms with Gasteiger partial charge in [0.05, 0.1) is 6.54 Å². The highest BCUT2D eigenvalue weighted by molar-refractivity contribution is 5.91. The summed E-state index contributed by atoms with van der Waals surface area (Å²) in [6.45, 7) is 4.11. The molecule has 2 amide bonds. The Morgan fingerprint density at radius 1 is 1.40 bits per heavy atom. The van der Waals surface area contributed by atoms with E-state index in [2.05, 4.69) is 5.32 Å². The fraction of sp³-hybridized carbons (Fsp3) is 0.769. The number of nitrogens with zero attached hydrogens (tertiary/aromatic N) is 1. The third-order valence-corrected chi connectivity index (χ3v) is 3.35. The second kappa shape index (κ2) is 7.23. The number of carbonyl (C=O) groups excluding carboxylic acids is 2. The number of aliphatic carboxylic acids is 1. The minimum Gasteiger partial charge on any atom is -0.480 e. The van der Waals surface area contributed by atoms with Crippen LogP contribution in [0.25, 0.3) is 0 Å². The fourth-order valence-corrected chi connectivity index (χ4v) is 2.43. The van der Waals surface area contributed by atoms with Gasteiger partial charge in [-0.2, -0.15) is 0 Å². The van der Waals surface area contributed by atoms with Crippen molar-refractivity contribution in [3.63, 3.8) is 0 Å². The van der Waals surface area contributed by atoms with Crippen LogP contribution in [0.2, 0.25) is 0 Å². The van der Waals surface area contributed by atoms with Crippen molar-refractivity contribution in [2.45, 2.75) is 45.2 Å². The minimum atomic E-state index is -0.996. The number of nitrogens with one attached hydrogen (secondary N) is 1. The highest BCUT2D eigenvalue weighted by atomic mass is 16.4. The molecule has 0 spiro atoms. The normalized spacial score (nSPS) is 20.0. The molecule has 20 heavy (non-hydrogen) atoms. The van der Waals surface area contributed by atoms with E-state index in [-0.39, 0.29) is 18.4 Å². The van der Waals surface area contributed by atoms with Gasteiger partial charge in [0.25, 0.3) is 0 Å². The molecule has 1 aliphatic rings. The number of amides is 2. The molecule has 1 fully saturated rings. The van der Waals surface area contributed by atoms with Gasteiger partial charge in [0, 0.05) is 6.54 Å². The monoisotopic (exact) mass is 285 g/mol. The summed E-state index contributed by atoms with van der Waals surface area (Å²) in [6.07, 6.45) is 1.59. The van der Waals surface area contributed by atoms with Gasteiger partial charge in [-0.3, -0.25) is 9.59 Å². The van der Waals surface area contributed by atoms with Crippen molar-refractivity contribution in [2.75, 3.05) is 13.1 Å². The molecule has 1 rings (SSSR count). The lowest BCUT2D eigenvalue weighted by atomic mass is 10.0. The Labute approximate surface area is 118 Å². The van der Waals surface area contributed by atoms with Crippen molar-refractivity contribution in [1.29, 1.82) is 0 Å². The molecule has 2 unspecified atom stereocenters. The molecule has 2 atom stereocenters. The summed E-state index contributed by atoms with van der Waals surface area (Å²) >= 11 is 0. The third kappa shape index (κ3) is 4.19. The first kappa shape index (κ1) is 16.4. The Morgan fingerprint density at radius 3 is 2.55 bits per heavy atom. The van der Waals surface area contributed by atoms with Gasteiger partial charge in [0.1, 0.15) is 12.1 Å². The van der Waals surface area contributed by atoms with Gasteiger partial charge in [0.2, 0.25) is 11.8 Å². The Hall–Kier alpha value is -1.63. The summed E-state index contributed by atoms with van der Waals surface area (Å²) in [5.74, 6) is -1.53. The minimum absolute atomic E-state index is 0.190. The van der Waals surface area contributed by atoms with Crippen LogP contribution in [0, 0.1) is 5.92 Å². The molecular weight excluding hydrogens is 262 g/mol. The fourth-order valence-electron chi connectivity index (χ4n) is 2.43. The van der Waals surface area contributed by atoms with Crippen LogP contribution in [0.4, 0.5) is 0 Å². The van der Waals surface area contributed by atoms with Crippen LogP contribution < -0.4 is 11.1 Å². The summed E-state index contributed by atoms with van der Waals surface area (Å²) in [5, 5.41) is 11.7. The van der Waals surface area contributed by atoms with E-state index in [4.69, 9.17) is 10.8 Å². The maximum atomic E-state index is 12.5. The number of rotatable bonds is 6. The molecular formula is C13H23N3O4. The van der Waals surface area contributed by atoms with E-state index in [0.29, 0.717) is 25.8 Å². The smallest absolute Gasteiger partial charge is 0.326 e. The van der Waals surface area contributed by atoms with Crippen LogP contribution in [0.15, 0.2) is 0 Å². The zero-order chi connectivity index (χ0) is 15.3. The second-order valence-electron chi connectivity index (χ2n) is 5.48. The van der Waals surface area contributed by atoms with E-state index in [1.807, 2.05) is 13.8 Å². The van der Waals surface area contributed by atoms with Gasteiger partial charge in [-0.05, 0) is 25.2 Å². The van der Waals surface area contributed by atoms with Crippen LogP contribution in [-0.2, 0) is 14.4 Å². The van der Waals surface area contributed by atoms with Crippen LogP contribution in [0.1, 0.15) is 33.1 Å². The van der Waals surface area contributed by atoms with Gasteiger partial charge in [-0.15, -0.1) is 0 Å². The molecule has 4 N–H and O–H groups in total. The topological polar surface area (TPSA) is 113 Å². The first-order valence-electron chi connectivity index (χ1n) is 6.89. The first-order valence-corrected chi connectivity index (χ1v) is 6.89. The lowest BCUT2D eigenvalue weighted by Gasteiger charge is -2.28. The largest absolute Gasteiger partial charge is 0.480 e. The Balaban J connectivity index is 2.80. The number of carbonyl (C=O) groups is 3. The number of nitrogens with two attached hydrogens (primary N) is 1. The molecule has 114 valence electrons. The maximum absolute atomic E-state index is 12.5. The molecule has 0 aromatic carbocycles. The van der Waals surface area contributed by atoms with Gasteiger partial charge < -0.3 is 21.1 Å². The van der Waals surface area contributed by atoms with E-state index in [0.717, 1.165) is 0 Å². The SMILES string of the molecule is CC(C)CC(NC(=O)CN)C(=O)N1CCCC1C(=O)O. The van der Waals surface area contributed by atoms with Crippen LogP contribution in [0.5, 0.6) is 0 Å². The average molecular weight is 285 g/mol. The molecule has 1 aliphatic heterocycles. The van der Waals surface area contributed by atoms with E-state index in [9.17, 15) is 14.4 Å². The Kier molecular flexibility index (Phi) is 5.94. The number of carboxylic acid groups (broad SMARTS) is 1. The van der Waals surface area contributed by atoms with Crippen molar-refractivity contribution >= 4 is 17.8 Å². The van der Waals surface area contributed by atoms with Gasteiger partial charge in [-0.25, -0.2) is 4.79 Å². The number of carboxylic acids is 1. The number of hydrogen-bond acceptors (Lipinski definition) is 4. The lowest BCUT2D eigenvalue weighted by molar-refractivity contribution is -0.149. The third-order valence-electron chi connectivity index (χ3n) is 3.35. The van der Waals surface area contributed by atoms with Crippen LogP contribution >= 0.6 is 0 Å². The van der Waals surface area contributed by atoms with Gasteiger partial charge in [0.15, 0.2) is 0 Å². The lowest BCUT2D eigenvalue weighted by Crippen LogP contribution is -2.53. The summed E-state index contributed by atoms with van der Waals surface area (Å²) in [7, 11) is 0. The standard InChI is InChI=1S/C13H23N3O4/c1-8(2)6-9(15-11(17)7-14)12(18)16-5-3-4-10(16)13(19)20/h8-10H,3-7,14H2,1-2H3,(H,15,17)(H,19,20). The van der Waals surface area contributed by atoms with E-state index in [1.54, 1.807) is 0 Å². The molecule has 0 saturated carbocycles. The molecule has 7 nitrogen and oxygen atoms in total. The number of hydrogen-bond donors (Lipinski definition) is 3. The quantitative estimate of drug-likeness (QED) is 0.612. The molecule has 0 bridgehead atoms. The van der Waals surface area contributed by atoms with Crippen molar-refractivity contribution in [3.8, 4) is 0 Å². The first-order chi connectivity index (χ1) is 9.36. The van der Waals surface area contributed by atoms with Crippen molar-refractivity contribution in [1.82, 2.24) is 10.2 Å². The Morgan fingerprint density at radius 2 is 2.05 bits per heavy atom. The van der Waals surface area contributed by atoms with Crippen molar-refractivity contribution < 1.29 is 19.5 Å². The molecule has 0 aromatic heterocycles. The summed E-state index contributed by atoms with van der Waals surface area (Å²) in [4.78, 5) is 36.4. The molecule has 0 aromatic rings. The predicted octanol–water partition coefficient (Wildman–Crippen LogP) is -0.448. The van der Waals surface area contributed by atoms with Crippen molar-refractivity contribution in [2.24, 2.45) is 11.7 Å². The average Bonchev–Trinajstić information content (AvgIpc) is 2.85. The van der Waals surface area contributed by atoms with Gasteiger partial charge >= 0.3 is 5.97 Å². The molecule has 1 saturated heterocycles. The molecule has 1 heterocycles. The highest BCUT2D eigenvalue weighted by Gasteiger charge is 2.37. The second-order valence-corrected chi connectivity index (χ2v) is 5.48. The zero-order valence-corrected chi connectivity index (χ0v) is 12.0. The summed E-state index contributed by atoms with van der Waals surface area (Å²) < 4.78 is 0. The maximum Gasteiger partial charge on any atom is 0.326 e. The molecule has 0 aliphatic carbocycles. The van der Waals surface area contributed by atoms with E-state index < -0.39 is 24.0 Å². The van der Waals surface area contributed by atoms with Crippen LogP contribution in [-0.4, -0.2) is 53.0 Å². The van der Waals surface area contributed by atoms with Crippen molar-refractivity contribution in [3.05, 3.63) is 0 Å². The predicted molar refractivity (Wildman–Crippen MR) is 72.8 cm³/mol. The summed E-state index contributed by atoms with van der Waals surface area (Å²) in [5.41, 5.74) is 5.25. The Bertz CT molecular complexity index is 384. The highest BCUT2D eigenvalue weighted by Crippen LogP contribution is 2.20. The molecule has 0 radical (unpaired) electrons. The van der Waals surface area contributed by atoms with E-state index >= 15 is 0 Å². The zero-order valence-electron chi connectivity index (χ0n) is 12.0. The summed E-state index contributed by atoms with van der Waals surface area (Å²) in [6, 6.07) is -1.49. The van der Waals surface area contributed by atoms with Crippen LogP contribution in [0.3, 0.4) is 0 Å². The molecule has 7 heteroatoms.